The zero-order valence-corrected chi connectivity index (χ0v) is 11.4. The molecule has 2 unspecified atom stereocenters. The lowest BCUT2D eigenvalue weighted by atomic mass is 9.88. The van der Waals surface area contributed by atoms with Crippen molar-refractivity contribution in [1.82, 2.24) is 10.6 Å². The number of hydrogen-bond donors (Lipinski definition) is 2. The van der Waals surface area contributed by atoms with Crippen LogP contribution in [0.5, 0.6) is 0 Å². The predicted octanol–water partition coefficient (Wildman–Crippen LogP) is 1.92. The molecule has 0 saturated carbocycles. The number of hydrogen-bond acceptors (Lipinski definition) is 3. The Kier molecular flexibility index (Phi) is 4.83. The lowest BCUT2D eigenvalue weighted by Gasteiger charge is -2.38. The number of ether oxygens (including phenoxy) is 1. The molecule has 2 rings (SSSR count). The summed E-state index contributed by atoms with van der Waals surface area (Å²) >= 11 is 0. The summed E-state index contributed by atoms with van der Waals surface area (Å²) in [7, 11) is 0. The van der Waals surface area contributed by atoms with Crippen LogP contribution in [0.3, 0.4) is 0 Å². The fourth-order valence-electron chi connectivity index (χ4n) is 2.99. The third kappa shape index (κ3) is 3.94. The molecule has 0 aromatic heterocycles. The minimum absolute atomic E-state index is 0.305. The summed E-state index contributed by atoms with van der Waals surface area (Å²) in [6.07, 6.45) is 6.34. The summed E-state index contributed by atoms with van der Waals surface area (Å²) in [4.78, 5) is 0. The molecule has 2 N–H and O–H groups in total. The topological polar surface area (TPSA) is 33.3 Å². The van der Waals surface area contributed by atoms with Gasteiger partial charge >= 0.3 is 0 Å². The van der Waals surface area contributed by atoms with Crippen LogP contribution in [0.15, 0.2) is 0 Å². The first-order chi connectivity index (χ1) is 8.22. The van der Waals surface area contributed by atoms with Gasteiger partial charge in [0.05, 0.1) is 0 Å². The van der Waals surface area contributed by atoms with Crippen molar-refractivity contribution in [2.75, 3.05) is 26.3 Å². The molecule has 0 aliphatic carbocycles. The molecule has 17 heavy (non-hydrogen) atoms. The van der Waals surface area contributed by atoms with Crippen molar-refractivity contribution in [1.29, 1.82) is 0 Å². The third-order valence-electron chi connectivity index (χ3n) is 4.55. The maximum absolute atomic E-state index is 5.44. The minimum atomic E-state index is 0.305. The van der Waals surface area contributed by atoms with E-state index in [0.29, 0.717) is 11.6 Å². The first-order valence-electron chi connectivity index (χ1n) is 7.28. The van der Waals surface area contributed by atoms with E-state index in [1.54, 1.807) is 0 Å². The Labute approximate surface area is 106 Å². The van der Waals surface area contributed by atoms with Crippen molar-refractivity contribution in [2.24, 2.45) is 5.92 Å². The van der Waals surface area contributed by atoms with Gasteiger partial charge in [-0.25, -0.2) is 0 Å². The summed E-state index contributed by atoms with van der Waals surface area (Å²) in [5.74, 6) is 0.936. The van der Waals surface area contributed by atoms with Crippen molar-refractivity contribution >= 4 is 0 Å². The van der Waals surface area contributed by atoms with Gasteiger partial charge in [0.25, 0.3) is 0 Å². The Balaban J connectivity index is 1.73. The average Bonchev–Trinajstić information content (AvgIpc) is 2.38. The van der Waals surface area contributed by atoms with Crippen LogP contribution in [0.4, 0.5) is 0 Å². The predicted molar refractivity (Wildman–Crippen MR) is 71.3 cm³/mol. The minimum Gasteiger partial charge on any atom is -0.381 e. The molecule has 0 spiro atoms. The molecule has 0 bridgehead atoms. The van der Waals surface area contributed by atoms with Crippen molar-refractivity contribution < 1.29 is 4.74 Å². The fourth-order valence-corrected chi connectivity index (χ4v) is 2.99. The van der Waals surface area contributed by atoms with Gasteiger partial charge < -0.3 is 15.4 Å². The maximum Gasteiger partial charge on any atom is 0.0483 e. The summed E-state index contributed by atoms with van der Waals surface area (Å²) in [5, 5.41) is 7.42. The summed E-state index contributed by atoms with van der Waals surface area (Å²) < 4.78 is 5.44. The van der Waals surface area contributed by atoms with Gasteiger partial charge in [0, 0.05) is 31.3 Å². The molecule has 2 heterocycles. The lowest BCUT2D eigenvalue weighted by Crippen LogP contribution is -2.53. The van der Waals surface area contributed by atoms with E-state index in [2.05, 4.69) is 24.5 Å². The molecule has 2 saturated heterocycles. The first-order valence-corrected chi connectivity index (χ1v) is 7.28. The van der Waals surface area contributed by atoms with Crippen LogP contribution in [0, 0.1) is 5.92 Å². The largest absolute Gasteiger partial charge is 0.381 e. The molecule has 3 nitrogen and oxygen atoms in total. The molecule has 2 aliphatic heterocycles. The Morgan fingerprint density at radius 3 is 2.82 bits per heavy atom. The summed E-state index contributed by atoms with van der Waals surface area (Å²) in [5.41, 5.74) is 0.305. The third-order valence-corrected chi connectivity index (χ3v) is 4.55. The number of rotatable bonds is 4. The van der Waals surface area contributed by atoms with Gasteiger partial charge in [-0.3, -0.25) is 0 Å². The highest BCUT2D eigenvalue weighted by molar-refractivity contribution is 4.88. The molecule has 2 atom stereocenters. The van der Waals surface area contributed by atoms with E-state index in [4.69, 9.17) is 4.74 Å². The smallest absolute Gasteiger partial charge is 0.0483 e. The molecular weight excluding hydrogens is 212 g/mol. The number of piperidine rings is 1. The molecule has 0 amide bonds. The average molecular weight is 240 g/mol. The zero-order chi connectivity index (χ0) is 12.1. The highest BCUT2D eigenvalue weighted by Gasteiger charge is 2.28. The van der Waals surface area contributed by atoms with Gasteiger partial charge in [-0.05, 0) is 45.1 Å². The Morgan fingerprint density at radius 1 is 1.35 bits per heavy atom. The highest BCUT2D eigenvalue weighted by Crippen LogP contribution is 2.22. The van der Waals surface area contributed by atoms with Crippen LogP contribution < -0.4 is 10.6 Å². The van der Waals surface area contributed by atoms with E-state index < -0.39 is 0 Å². The lowest BCUT2D eigenvalue weighted by molar-refractivity contribution is 0.0436. The second kappa shape index (κ2) is 6.17. The molecule has 0 radical (unpaired) electrons. The van der Waals surface area contributed by atoms with E-state index in [-0.39, 0.29) is 0 Å². The van der Waals surface area contributed by atoms with Crippen LogP contribution >= 0.6 is 0 Å². The van der Waals surface area contributed by atoms with Gasteiger partial charge in [-0.15, -0.1) is 0 Å². The Hall–Kier alpha value is -0.120. The standard InChI is InChI=1S/C14H28N2O/c1-3-12-4-7-15-13(10-12)11-16-14(2)5-8-17-9-6-14/h12-13,15-16H,3-11H2,1-2H3. The van der Waals surface area contributed by atoms with E-state index in [1.807, 2.05) is 0 Å². The van der Waals surface area contributed by atoms with Crippen LogP contribution in [0.2, 0.25) is 0 Å². The molecule has 0 aromatic carbocycles. The van der Waals surface area contributed by atoms with Crippen molar-refractivity contribution in [2.45, 2.75) is 57.5 Å². The van der Waals surface area contributed by atoms with Crippen LogP contribution in [-0.2, 0) is 4.74 Å². The SMILES string of the molecule is CCC1CCNC(CNC2(C)CCOCC2)C1. The quantitative estimate of drug-likeness (QED) is 0.788. The first kappa shape index (κ1) is 13.3. The highest BCUT2D eigenvalue weighted by atomic mass is 16.5. The second-order valence-corrected chi connectivity index (χ2v) is 6.00. The van der Waals surface area contributed by atoms with Crippen molar-refractivity contribution in [3.63, 3.8) is 0 Å². The Bertz CT molecular complexity index is 226. The van der Waals surface area contributed by atoms with Gasteiger partial charge in [0.1, 0.15) is 0 Å². The van der Waals surface area contributed by atoms with Gasteiger partial charge in [0.15, 0.2) is 0 Å². The van der Waals surface area contributed by atoms with E-state index in [9.17, 15) is 0 Å². The second-order valence-electron chi connectivity index (χ2n) is 6.00. The maximum atomic E-state index is 5.44. The fraction of sp³-hybridized carbons (Fsp3) is 1.00. The summed E-state index contributed by atoms with van der Waals surface area (Å²) in [6.45, 7) is 8.81. The number of nitrogens with one attached hydrogen (secondary N) is 2. The molecule has 0 aromatic rings. The summed E-state index contributed by atoms with van der Waals surface area (Å²) in [6, 6.07) is 0.674. The molecule has 2 aliphatic rings. The molecule has 100 valence electrons. The van der Waals surface area contributed by atoms with Crippen LogP contribution in [0.1, 0.15) is 46.0 Å². The molecule has 3 heteroatoms. The van der Waals surface area contributed by atoms with E-state index in [1.165, 1.54) is 25.8 Å². The molecule has 2 fully saturated rings. The van der Waals surface area contributed by atoms with Crippen molar-refractivity contribution in [3.8, 4) is 0 Å². The van der Waals surface area contributed by atoms with Crippen LogP contribution in [-0.4, -0.2) is 37.9 Å². The van der Waals surface area contributed by atoms with Gasteiger partial charge in [-0.1, -0.05) is 13.3 Å². The molecular formula is C14H28N2O. The van der Waals surface area contributed by atoms with E-state index in [0.717, 1.165) is 38.5 Å². The zero-order valence-electron chi connectivity index (χ0n) is 11.4. The van der Waals surface area contributed by atoms with Gasteiger partial charge in [-0.2, -0.15) is 0 Å². The monoisotopic (exact) mass is 240 g/mol. The van der Waals surface area contributed by atoms with Crippen LogP contribution in [0.25, 0.3) is 0 Å². The Morgan fingerprint density at radius 2 is 2.12 bits per heavy atom. The van der Waals surface area contributed by atoms with Crippen molar-refractivity contribution in [3.05, 3.63) is 0 Å². The van der Waals surface area contributed by atoms with E-state index >= 15 is 0 Å². The normalized spacial score (nSPS) is 33.5. The van der Waals surface area contributed by atoms with Gasteiger partial charge in [0.2, 0.25) is 0 Å².